The number of hydrogen-bond acceptors (Lipinski definition) is 12. The Balaban J connectivity index is 1.69. The number of nitrogens with two attached hydrogens (primary N) is 1. The number of nitrogen functional groups attached to an aromatic ring is 1. The zero-order chi connectivity index (χ0) is 22.1. The average Bonchev–Trinajstić information content (AvgIpc) is 3.26. The van der Waals surface area contributed by atoms with Crippen LogP contribution < -0.4 is 16.4 Å². The third-order valence-electron chi connectivity index (χ3n) is 4.79. The molecule has 0 spiro atoms. The maximum absolute atomic E-state index is 11.1. The van der Waals surface area contributed by atoms with Crippen LogP contribution in [-0.2, 0) is 4.74 Å². The molecular weight excluding hydrogens is 412 g/mol. The van der Waals surface area contributed by atoms with Gasteiger partial charge in [-0.2, -0.15) is 10.3 Å². The summed E-state index contributed by atoms with van der Waals surface area (Å²) < 4.78 is 6.94. The fourth-order valence-electron chi connectivity index (χ4n) is 3.26. The van der Waals surface area contributed by atoms with E-state index in [1.165, 1.54) is 29.2 Å². The van der Waals surface area contributed by atoms with Gasteiger partial charge < -0.3 is 31.0 Å². The summed E-state index contributed by atoms with van der Waals surface area (Å²) in [4.78, 5) is 12.3. The van der Waals surface area contributed by atoms with Gasteiger partial charge in [-0.05, 0) is 0 Å². The lowest BCUT2D eigenvalue weighted by Gasteiger charge is -2.18. The molecule has 0 bridgehead atoms. The van der Waals surface area contributed by atoms with Crippen molar-refractivity contribution in [2.24, 2.45) is 5.10 Å². The van der Waals surface area contributed by atoms with E-state index in [0.717, 1.165) is 0 Å². The second-order valence-corrected chi connectivity index (χ2v) is 6.77. The van der Waals surface area contributed by atoms with Crippen molar-refractivity contribution < 1.29 is 30.5 Å². The van der Waals surface area contributed by atoms with Crippen LogP contribution in [0.1, 0.15) is 11.8 Å². The number of rotatable bonds is 6. The van der Waals surface area contributed by atoms with Crippen LogP contribution in [0.15, 0.2) is 35.7 Å². The monoisotopic (exact) mass is 432 g/mol. The molecule has 4 rings (SSSR count). The van der Waals surface area contributed by atoms with E-state index in [4.69, 9.17) is 15.7 Å². The van der Waals surface area contributed by atoms with E-state index < -0.39 is 36.4 Å². The van der Waals surface area contributed by atoms with Crippen LogP contribution in [0, 0.1) is 5.21 Å². The smallest absolute Gasteiger partial charge is 0.228 e. The lowest BCUT2D eigenvalue weighted by molar-refractivity contribution is -0.991. The molecule has 14 heteroatoms. The molecule has 0 radical (unpaired) electrons. The summed E-state index contributed by atoms with van der Waals surface area (Å²) in [6.45, 7) is -0.501. The normalized spacial score (nSPS) is 24.8. The Morgan fingerprint density at radius 2 is 2.13 bits per heavy atom. The van der Waals surface area contributed by atoms with Crippen molar-refractivity contribution in [3.8, 4) is 0 Å². The minimum absolute atomic E-state index is 0.0719. The van der Waals surface area contributed by atoms with Crippen molar-refractivity contribution in [3.63, 3.8) is 0 Å². The molecule has 3 aromatic rings. The number of quaternary nitrogens is 1. The summed E-state index contributed by atoms with van der Waals surface area (Å²) in [5, 5.41) is 53.1. The number of anilines is 2. The molecular formula is C17H20N8O6. The fraction of sp³-hybridized carbons (Fsp3) is 0.294. The Bertz CT molecular complexity index is 1110. The molecule has 3 heterocycles. The topological polar surface area (TPSA) is 212 Å². The highest BCUT2D eigenvalue weighted by atomic mass is 16.8. The molecule has 31 heavy (non-hydrogen) atoms. The van der Waals surface area contributed by atoms with Crippen molar-refractivity contribution >= 4 is 34.8 Å². The van der Waals surface area contributed by atoms with Crippen molar-refractivity contribution in [1.82, 2.24) is 19.5 Å². The maximum Gasteiger partial charge on any atom is 0.228 e. The maximum atomic E-state index is 11.1. The third-order valence-corrected chi connectivity index (χ3v) is 4.79. The number of nitrogens with one attached hydrogen (secondary N) is 2. The molecule has 1 aromatic carbocycles. The van der Waals surface area contributed by atoms with E-state index in [2.05, 4.69) is 25.5 Å². The number of fused-ring (bicyclic) bond motifs is 1. The van der Waals surface area contributed by atoms with Gasteiger partial charge in [0.25, 0.3) is 0 Å². The lowest BCUT2D eigenvalue weighted by atomic mass is 10.1. The first-order valence-electron chi connectivity index (χ1n) is 9.14. The summed E-state index contributed by atoms with van der Waals surface area (Å²) in [6.07, 6.45) is -2.28. The van der Waals surface area contributed by atoms with Crippen molar-refractivity contribution in [1.29, 1.82) is 0 Å². The Hall–Kier alpha value is -3.24. The summed E-state index contributed by atoms with van der Waals surface area (Å²) in [5.41, 5.74) is 9.61. The standard InChI is InChI=1S/C17H20N8O6/c18-14-11-15(20-7-19-14)24(16-13(28)12(27)10(6-26)31-16)17(22-11)23-21-5-8-2-1-3-9(4-8)25(29)30/h1-5,7,10,12-13,16,25-29H,6H2,(H,22,23)(H2,18,19,20). The van der Waals surface area contributed by atoms with E-state index in [0.29, 0.717) is 5.56 Å². The number of nitrogens with zero attached hydrogens (tertiary/aromatic N) is 5. The molecule has 164 valence electrons. The molecule has 1 aliphatic rings. The summed E-state index contributed by atoms with van der Waals surface area (Å²) >= 11 is 0. The zero-order valence-electron chi connectivity index (χ0n) is 15.9. The van der Waals surface area contributed by atoms with Crippen molar-refractivity contribution in [3.05, 3.63) is 41.4 Å². The molecule has 5 unspecified atom stereocenters. The minimum Gasteiger partial charge on any atom is -0.595 e. The van der Waals surface area contributed by atoms with E-state index in [9.17, 15) is 20.5 Å². The Morgan fingerprint density at radius 3 is 2.84 bits per heavy atom. The first-order chi connectivity index (χ1) is 14.9. The van der Waals surface area contributed by atoms with Crippen LogP contribution in [0.5, 0.6) is 0 Å². The highest BCUT2D eigenvalue weighted by Crippen LogP contribution is 2.35. The van der Waals surface area contributed by atoms with E-state index in [1.54, 1.807) is 12.1 Å². The van der Waals surface area contributed by atoms with Crippen molar-refractivity contribution in [2.75, 3.05) is 17.8 Å². The van der Waals surface area contributed by atoms with Gasteiger partial charge in [0.05, 0.1) is 12.8 Å². The Kier molecular flexibility index (Phi) is 5.75. The SMILES string of the molecule is Nc1ncnc2c1nc(NN=Cc1cccc([NH+]([O-])O)c1)n2C1OC(CO)C(O)C1O. The number of benzene rings is 1. The predicted octanol–water partition coefficient (Wildman–Crippen LogP) is -2.13. The summed E-state index contributed by atoms with van der Waals surface area (Å²) in [7, 11) is 0. The van der Waals surface area contributed by atoms with Gasteiger partial charge in [-0.1, -0.05) is 12.1 Å². The predicted molar refractivity (Wildman–Crippen MR) is 106 cm³/mol. The first kappa shape index (κ1) is 21.0. The number of imidazole rings is 1. The molecule has 1 fully saturated rings. The number of aromatic nitrogens is 4. The lowest BCUT2D eigenvalue weighted by Crippen LogP contribution is -2.99. The molecule has 0 saturated carbocycles. The Morgan fingerprint density at radius 1 is 1.32 bits per heavy atom. The Labute approximate surface area is 174 Å². The van der Waals surface area contributed by atoms with Crippen molar-refractivity contribution in [2.45, 2.75) is 24.5 Å². The van der Waals surface area contributed by atoms with E-state index >= 15 is 0 Å². The van der Waals surface area contributed by atoms with Crippen LogP contribution in [0.2, 0.25) is 0 Å². The highest BCUT2D eigenvalue weighted by Gasteiger charge is 2.45. The average molecular weight is 432 g/mol. The van der Waals surface area contributed by atoms with Gasteiger partial charge in [-0.3, -0.25) is 4.57 Å². The largest absolute Gasteiger partial charge is 0.595 e. The van der Waals surface area contributed by atoms with Crippen LogP contribution in [0.4, 0.5) is 17.5 Å². The number of ether oxygens (including phenoxy) is 1. The fourth-order valence-corrected chi connectivity index (χ4v) is 3.26. The molecule has 5 atom stereocenters. The van der Waals surface area contributed by atoms with Crippen LogP contribution in [-0.4, -0.2) is 71.2 Å². The molecule has 0 aliphatic carbocycles. The molecule has 1 saturated heterocycles. The number of aliphatic hydroxyl groups excluding tert-OH is 3. The van der Waals surface area contributed by atoms with E-state index in [-0.39, 0.29) is 28.6 Å². The van der Waals surface area contributed by atoms with Crippen LogP contribution >= 0.6 is 0 Å². The second-order valence-electron chi connectivity index (χ2n) is 6.77. The van der Waals surface area contributed by atoms with Gasteiger partial charge in [0, 0.05) is 17.7 Å². The van der Waals surface area contributed by atoms with Crippen LogP contribution in [0.3, 0.4) is 0 Å². The molecule has 8 N–H and O–H groups in total. The van der Waals surface area contributed by atoms with Gasteiger partial charge in [-0.25, -0.2) is 25.6 Å². The highest BCUT2D eigenvalue weighted by molar-refractivity contribution is 5.85. The van der Waals surface area contributed by atoms with Gasteiger partial charge in [0.2, 0.25) is 5.95 Å². The van der Waals surface area contributed by atoms with Gasteiger partial charge in [0.15, 0.2) is 28.9 Å². The number of hydrogen-bond donors (Lipinski definition) is 7. The number of aliphatic hydroxyl groups is 3. The second kappa shape index (κ2) is 8.48. The molecule has 14 nitrogen and oxygen atoms in total. The third kappa shape index (κ3) is 3.91. The minimum atomic E-state index is -1.39. The van der Waals surface area contributed by atoms with Gasteiger partial charge in [-0.15, -0.1) is 0 Å². The quantitative estimate of drug-likeness (QED) is 0.165. The van der Waals surface area contributed by atoms with Gasteiger partial charge >= 0.3 is 0 Å². The summed E-state index contributed by atoms with van der Waals surface area (Å²) in [5.74, 6) is 0.152. The first-order valence-corrected chi connectivity index (χ1v) is 9.14. The molecule has 2 aromatic heterocycles. The molecule has 0 amide bonds. The number of hydrazone groups is 1. The summed E-state index contributed by atoms with van der Waals surface area (Å²) in [6, 6.07) is 6.13. The van der Waals surface area contributed by atoms with Crippen LogP contribution in [0.25, 0.3) is 11.2 Å². The van der Waals surface area contributed by atoms with Gasteiger partial charge in [0.1, 0.15) is 24.6 Å². The molecule has 1 aliphatic heterocycles. The zero-order valence-corrected chi connectivity index (χ0v) is 15.9. The van der Waals surface area contributed by atoms with E-state index in [1.807, 2.05) is 0 Å².